The summed E-state index contributed by atoms with van der Waals surface area (Å²) in [6.45, 7) is 5.52. The molecule has 0 aliphatic heterocycles. The number of nitrogens with two attached hydrogens (primary N) is 1. The minimum atomic E-state index is 0.462. The maximum atomic E-state index is 5.46. The van der Waals surface area contributed by atoms with Gasteiger partial charge in [0.25, 0.3) is 0 Å². The van der Waals surface area contributed by atoms with E-state index >= 15 is 0 Å². The molecule has 96 valence electrons. The van der Waals surface area contributed by atoms with E-state index in [0.717, 1.165) is 18.3 Å². The molecule has 1 aromatic heterocycles. The third kappa shape index (κ3) is 6.76. The zero-order valence-corrected chi connectivity index (χ0v) is 10.9. The molecule has 0 spiro atoms. The third-order valence-electron chi connectivity index (χ3n) is 2.70. The van der Waals surface area contributed by atoms with Gasteiger partial charge < -0.3 is 11.1 Å². The predicted octanol–water partition coefficient (Wildman–Crippen LogP) is 3.08. The summed E-state index contributed by atoms with van der Waals surface area (Å²) >= 11 is 0. The van der Waals surface area contributed by atoms with Gasteiger partial charge in [-0.2, -0.15) is 0 Å². The molecule has 4 nitrogen and oxygen atoms in total. The molecule has 0 saturated carbocycles. The van der Waals surface area contributed by atoms with Gasteiger partial charge in [0.1, 0.15) is 11.6 Å². The number of rotatable bonds is 8. The first-order valence-corrected chi connectivity index (χ1v) is 6.51. The summed E-state index contributed by atoms with van der Waals surface area (Å²) in [5.74, 6) is 2.10. The summed E-state index contributed by atoms with van der Waals surface area (Å²) in [7, 11) is 0. The molecule has 0 aromatic carbocycles. The molecule has 4 heteroatoms. The molecule has 1 heterocycles. The number of nitrogens with one attached hydrogen (secondary N) is 1. The van der Waals surface area contributed by atoms with E-state index < -0.39 is 0 Å². The number of anilines is 2. The average Bonchev–Trinajstić information content (AvgIpc) is 2.30. The Hall–Kier alpha value is -1.32. The van der Waals surface area contributed by atoms with Crippen molar-refractivity contribution in [2.24, 2.45) is 5.92 Å². The van der Waals surface area contributed by atoms with Crippen LogP contribution >= 0.6 is 0 Å². The fourth-order valence-electron chi connectivity index (χ4n) is 1.68. The molecule has 0 atom stereocenters. The fourth-order valence-corrected chi connectivity index (χ4v) is 1.68. The van der Waals surface area contributed by atoms with E-state index in [0.29, 0.717) is 5.82 Å². The van der Waals surface area contributed by atoms with Crippen molar-refractivity contribution < 1.29 is 0 Å². The highest BCUT2D eigenvalue weighted by Crippen LogP contribution is 2.09. The second-order valence-corrected chi connectivity index (χ2v) is 4.87. The minimum absolute atomic E-state index is 0.462. The largest absolute Gasteiger partial charge is 0.382 e. The number of nitrogens with zero attached hydrogens (tertiary/aromatic N) is 2. The molecule has 1 aromatic rings. The molecular formula is C13H24N4. The molecule has 1 rings (SSSR count). The van der Waals surface area contributed by atoms with Gasteiger partial charge in [0.15, 0.2) is 0 Å². The van der Waals surface area contributed by atoms with Crippen LogP contribution in [0.5, 0.6) is 0 Å². The molecule has 0 saturated heterocycles. The van der Waals surface area contributed by atoms with Gasteiger partial charge in [-0.05, 0) is 24.5 Å². The summed E-state index contributed by atoms with van der Waals surface area (Å²) in [5, 5.41) is 11.0. The highest BCUT2D eigenvalue weighted by Gasteiger charge is 1.96. The second-order valence-electron chi connectivity index (χ2n) is 4.87. The Morgan fingerprint density at radius 2 is 1.88 bits per heavy atom. The van der Waals surface area contributed by atoms with Crippen molar-refractivity contribution in [3.63, 3.8) is 0 Å². The van der Waals surface area contributed by atoms with Crippen molar-refractivity contribution in [2.45, 2.75) is 46.0 Å². The summed E-state index contributed by atoms with van der Waals surface area (Å²) in [5.41, 5.74) is 5.46. The molecule has 0 aliphatic carbocycles. The van der Waals surface area contributed by atoms with E-state index in [1.54, 1.807) is 6.07 Å². The summed E-state index contributed by atoms with van der Waals surface area (Å²) < 4.78 is 0. The van der Waals surface area contributed by atoms with Crippen molar-refractivity contribution in [2.75, 3.05) is 17.6 Å². The standard InChI is InChI=1S/C13H24N4/c1-11(2)7-5-3-4-6-10-15-13-9-8-12(14)16-17-13/h8-9,11H,3-7,10H2,1-2H3,(H2,14,16)(H,15,17). The van der Waals surface area contributed by atoms with Crippen LogP contribution in [0.4, 0.5) is 11.6 Å². The van der Waals surface area contributed by atoms with Gasteiger partial charge in [-0.25, -0.2) is 0 Å². The molecule has 17 heavy (non-hydrogen) atoms. The lowest BCUT2D eigenvalue weighted by molar-refractivity contribution is 0.523. The lowest BCUT2D eigenvalue weighted by Crippen LogP contribution is -2.04. The molecule has 0 radical (unpaired) electrons. The maximum Gasteiger partial charge on any atom is 0.148 e. The summed E-state index contributed by atoms with van der Waals surface area (Å²) in [4.78, 5) is 0. The normalized spacial score (nSPS) is 10.8. The third-order valence-corrected chi connectivity index (χ3v) is 2.70. The highest BCUT2D eigenvalue weighted by atomic mass is 15.2. The SMILES string of the molecule is CC(C)CCCCCCNc1ccc(N)nn1. The van der Waals surface area contributed by atoms with Crippen LogP contribution in [0.15, 0.2) is 12.1 Å². The smallest absolute Gasteiger partial charge is 0.148 e. The predicted molar refractivity (Wildman–Crippen MR) is 72.9 cm³/mol. The van der Waals surface area contributed by atoms with Crippen molar-refractivity contribution in [3.05, 3.63) is 12.1 Å². The van der Waals surface area contributed by atoms with Crippen LogP contribution in [0.1, 0.15) is 46.0 Å². The molecular weight excluding hydrogens is 212 g/mol. The Kier molecular flexibility index (Phi) is 6.37. The van der Waals surface area contributed by atoms with Crippen molar-refractivity contribution in [3.8, 4) is 0 Å². The van der Waals surface area contributed by atoms with Gasteiger partial charge in [-0.1, -0.05) is 39.5 Å². The van der Waals surface area contributed by atoms with Gasteiger partial charge in [-0.15, -0.1) is 10.2 Å². The van der Waals surface area contributed by atoms with E-state index in [1.807, 2.05) is 6.07 Å². The van der Waals surface area contributed by atoms with Crippen molar-refractivity contribution in [1.29, 1.82) is 0 Å². The van der Waals surface area contributed by atoms with E-state index in [2.05, 4.69) is 29.4 Å². The first kappa shape index (κ1) is 13.7. The van der Waals surface area contributed by atoms with Gasteiger partial charge in [0.2, 0.25) is 0 Å². The van der Waals surface area contributed by atoms with E-state index in [4.69, 9.17) is 5.73 Å². The Morgan fingerprint density at radius 3 is 2.53 bits per heavy atom. The van der Waals surface area contributed by atoms with Crippen LogP contribution in [0.2, 0.25) is 0 Å². The van der Waals surface area contributed by atoms with Crippen LogP contribution < -0.4 is 11.1 Å². The summed E-state index contributed by atoms with van der Waals surface area (Å²) in [6.07, 6.45) is 6.48. The van der Waals surface area contributed by atoms with Crippen LogP contribution in [0.25, 0.3) is 0 Å². The molecule has 0 amide bonds. The van der Waals surface area contributed by atoms with Crippen LogP contribution in [-0.4, -0.2) is 16.7 Å². The Balaban J connectivity index is 1.99. The number of nitrogen functional groups attached to an aromatic ring is 1. The topological polar surface area (TPSA) is 63.8 Å². The molecule has 3 N–H and O–H groups in total. The van der Waals surface area contributed by atoms with Crippen molar-refractivity contribution in [1.82, 2.24) is 10.2 Å². The van der Waals surface area contributed by atoms with Gasteiger partial charge in [0.05, 0.1) is 0 Å². The zero-order valence-electron chi connectivity index (χ0n) is 10.9. The first-order valence-electron chi connectivity index (χ1n) is 6.51. The second kappa shape index (κ2) is 7.87. The fraction of sp³-hybridized carbons (Fsp3) is 0.692. The number of hydrogen-bond acceptors (Lipinski definition) is 4. The summed E-state index contributed by atoms with van der Waals surface area (Å²) in [6, 6.07) is 3.62. The quantitative estimate of drug-likeness (QED) is 0.681. The van der Waals surface area contributed by atoms with Gasteiger partial charge in [-0.3, -0.25) is 0 Å². The number of unbranched alkanes of at least 4 members (excludes halogenated alkanes) is 3. The Morgan fingerprint density at radius 1 is 1.12 bits per heavy atom. The minimum Gasteiger partial charge on any atom is -0.382 e. The van der Waals surface area contributed by atoms with Crippen LogP contribution in [-0.2, 0) is 0 Å². The lowest BCUT2D eigenvalue weighted by Gasteiger charge is -2.06. The monoisotopic (exact) mass is 236 g/mol. The number of aromatic nitrogens is 2. The maximum absolute atomic E-state index is 5.46. The van der Waals surface area contributed by atoms with Crippen LogP contribution in [0, 0.1) is 5.92 Å². The van der Waals surface area contributed by atoms with Crippen molar-refractivity contribution >= 4 is 11.6 Å². The van der Waals surface area contributed by atoms with Crippen LogP contribution in [0.3, 0.4) is 0 Å². The molecule has 0 unspecified atom stereocenters. The highest BCUT2D eigenvalue weighted by molar-refractivity contribution is 5.38. The molecule has 0 fully saturated rings. The van der Waals surface area contributed by atoms with Gasteiger partial charge >= 0.3 is 0 Å². The van der Waals surface area contributed by atoms with E-state index in [-0.39, 0.29) is 0 Å². The van der Waals surface area contributed by atoms with E-state index in [1.165, 1.54) is 32.1 Å². The first-order chi connectivity index (χ1) is 8.18. The van der Waals surface area contributed by atoms with E-state index in [9.17, 15) is 0 Å². The Labute approximate surface area is 104 Å². The van der Waals surface area contributed by atoms with Gasteiger partial charge in [0, 0.05) is 6.54 Å². The number of hydrogen-bond donors (Lipinski definition) is 2. The average molecular weight is 236 g/mol. The molecule has 0 bridgehead atoms. The Bertz CT molecular complexity index is 295. The zero-order chi connectivity index (χ0) is 12.5. The molecule has 0 aliphatic rings. The lowest BCUT2D eigenvalue weighted by atomic mass is 10.0.